The Balaban J connectivity index is 2.39. The molecule has 0 atom stereocenters. The lowest BCUT2D eigenvalue weighted by Crippen LogP contribution is -2.02. The lowest BCUT2D eigenvalue weighted by atomic mass is 10.2. The van der Waals surface area contributed by atoms with Crippen molar-refractivity contribution in [2.45, 2.75) is 0 Å². The van der Waals surface area contributed by atoms with Gasteiger partial charge >= 0.3 is 11.7 Å². The summed E-state index contributed by atoms with van der Waals surface area (Å²) in [5, 5.41) is 11.0. The van der Waals surface area contributed by atoms with E-state index < -0.39 is 10.9 Å². The molecule has 0 N–H and O–H groups in total. The average Bonchev–Trinajstić information content (AvgIpc) is 2.54. The van der Waals surface area contributed by atoms with Gasteiger partial charge in [-0.15, -0.1) is 0 Å². The topological polar surface area (TPSA) is 95.7 Å². The molecule has 22 heavy (non-hydrogen) atoms. The highest BCUT2D eigenvalue weighted by Crippen LogP contribution is 2.32. The minimum atomic E-state index is -0.629. The molecule has 0 unspecified atom stereocenters. The molecule has 0 fully saturated rings. The van der Waals surface area contributed by atoms with Crippen LogP contribution >= 0.6 is 0 Å². The molecular weight excluding hydrogens is 290 g/mol. The van der Waals surface area contributed by atoms with E-state index in [4.69, 9.17) is 4.74 Å². The van der Waals surface area contributed by atoms with Gasteiger partial charge in [-0.2, -0.15) is 0 Å². The van der Waals surface area contributed by atoms with Gasteiger partial charge < -0.3 is 9.47 Å². The third-order valence-corrected chi connectivity index (χ3v) is 2.82. The van der Waals surface area contributed by atoms with Crippen molar-refractivity contribution in [2.75, 3.05) is 7.11 Å². The van der Waals surface area contributed by atoms with Crippen LogP contribution in [0.4, 0.5) is 5.69 Å². The molecule has 0 saturated carbocycles. The lowest BCUT2D eigenvalue weighted by molar-refractivity contribution is -0.385. The third kappa shape index (κ3) is 3.26. The quantitative estimate of drug-likeness (QED) is 0.364. The fourth-order valence-corrected chi connectivity index (χ4v) is 1.73. The van der Waals surface area contributed by atoms with E-state index in [1.165, 1.54) is 49.6 Å². The Morgan fingerprint density at radius 2 is 1.86 bits per heavy atom. The summed E-state index contributed by atoms with van der Waals surface area (Å²) in [6, 6.07) is 9.71. The van der Waals surface area contributed by atoms with E-state index in [0.717, 1.165) is 0 Å². The maximum atomic E-state index is 11.5. The van der Waals surface area contributed by atoms with Crippen LogP contribution in [0.2, 0.25) is 0 Å². The Bertz CT molecular complexity index is 723. The Morgan fingerprint density at radius 1 is 1.18 bits per heavy atom. The number of ether oxygens (including phenoxy) is 2. The van der Waals surface area contributed by atoms with E-state index >= 15 is 0 Å². The van der Waals surface area contributed by atoms with Crippen LogP contribution in [0.15, 0.2) is 42.5 Å². The summed E-state index contributed by atoms with van der Waals surface area (Å²) in [6.45, 7) is 0. The molecule has 2 aromatic rings. The summed E-state index contributed by atoms with van der Waals surface area (Å²) in [7, 11) is 1.21. The first-order valence-corrected chi connectivity index (χ1v) is 6.15. The number of nitro groups is 1. The van der Waals surface area contributed by atoms with Crippen molar-refractivity contribution < 1.29 is 24.0 Å². The highest BCUT2D eigenvalue weighted by atomic mass is 16.6. The largest absolute Gasteiger partial charge is 0.465 e. The summed E-state index contributed by atoms with van der Waals surface area (Å²) in [4.78, 5) is 32.5. The highest BCUT2D eigenvalue weighted by Gasteiger charge is 2.19. The molecule has 2 aromatic carbocycles. The molecule has 7 nitrogen and oxygen atoms in total. The van der Waals surface area contributed by atoms with Crippen molar-refractivity contribution in [3.05, 3.63) is 63.7 Å². The van der Waals surface area contributed by atoms with E-state index in [-0.39, 0.29) is 17.0 Å². The van der Waals surface area contributed by atoms with Crippen LogP contribution in [0.5, 0.6) is 11.5 Å². The van der Waals surface area contributed by atoms with Gasteiger partial charge in [0, 0.05) is 17.7 Å². The zero-order valence-electron chi connectivity index (χ0n) is 11.5. The summed E-state index contributed by atoms with van der Waals surface area (Å²) >= 11 is 0. The molecule has 0 saturated heterocycles. The van der Waals surface area contributed by atoms with E-state index in [0.29, 0.717) is 17.6 Å². The second-order valence-electron chi connectivity index (χ2n) is 4.22. The van der Waals surface area contributed by atoms with Crippen molar-refractivity contribution in [1.82, 2.24) is 0 Å². The molecule has 0 amide bonds. The smallest absolute Gasteiger partial charge is 0.337 e. The third-order valence-electron chi connectivity index (χ3n) is 2.82. The van der Waals surface area contributed by atoms with Crippen molar-refractivity contribution in [3.63, 3.8) is 0 Å². The Labute approximate surface area is 125 Å². The van der Waals surface area contributed by atoms with E-state index in [1.807, 2.05) is 0 Å². The van der Waals surface area contributed by atoms with Crippen molar-refractivity contribution in [3.8, 4) is 11.5 Å². The first-order chi connectivity index (χ1) is 10.5. The standard InChI is InChI=1S/C15H11NO6/c1-21-15(18)11-4-7-13(16(19)20)14(8-11)22-12-5-2-10(9-17)3-6-12/h2-9H,1H3. The molecule has 2 rings (SSSR count). The van der Waals surface area contributed by atoms with Crippen LogP contribution in [-0.4, -0.2) is 24.3 Å². The van der Waals surface area contributed by atoms with Crippen molar-refractivity contribution in [1.29, 1.82) is 0 Å². The number of methoxy groups -OCH3 is 1. The number of benzene rings is 2. The predicted molar refractivity (Wildman–Crippen MR) is 76.3 cm³/mol. The maximum Gasteiger partial charge on any atom is 0.337 e. The Hall–Kier alpha value is -3.22. The van der Waals surface area contributed by atoms with Crippen LogP contribution in [0, 0.1) is 10.1 Å². The highest BCUT2D eigenvalue weighted by molar-refractivity contribution is 5.90. The number of nitro benzene ring substituents is 1. The normalized spacial score (nSPS) is 9.86. The van der Waals surface area contributed by atoms with Crippen molar-refractivity contribution >= 4 is 17.9 Å². The summed E-state index contributed by atoms with van der Waals surface area (Å²) in [6.07, 6.45) is 0.671. The van der Waals surface area contributed by atoms with Gasteiger partial charge in [0.2, 0.25) is 5.75 Å². The molecule has 0 aliphatic carbocycles. The van der Waals surface area contributed by atoms with Crippen LogP contribution in [0.25, 0.3) is 0 Å². The number of carbonyl (C=O) groups excluding carboxylic acids is 2. The fourth-order valence-electron chi connectivity index (χ4n) is 1.73. The number of carbonyl (C=O) groups is 2. The second kappa shape index (κ2) is 6.49. The minimum absolute atomic E-state index is 0.0910. The van der Waals surface area contributed by atoms with Crippen LogP contribution in [0.1, 0.15) is 20.7 Å². The Morgan fingerprint density at radius 3 is 2.41 bits per heavy atom. The number of hydrogen-bond donors (Lipinski definition) is 0. The SMILES string of the molecule is COC(=O)c1ccc([N+](=O)[O-])c(Oc2ccc(C=O)cc2)c1. The summed E-state index contributed by atoms with van der Waals surface area (Å²) in [5.74, 6) is -0.418. The molecule has 0 spiro atoms. The van der Waals surface area contributed by atoms with Gasteiger partial charge in [0.1, 0.15) is 12.0 Å². The molecule has 0 radical (unpaired) electrons. The molecule has 0 aliphatic rings. The zero-order valence-corrected chi connectivity index (χ0v) is 11.5. The van der Waals surface area contributed by atoms with Crippen molar-refractivity contribution in [2.24, 2.45) is 0 Å². The first kappa shape index (κ1) is 15.2. The van der Waals surface area contributed by atoms with Gasteiger partial charge in [0.25, 0.3) is 0 Å². The minimum Gasteiger partial charge on any atom is -0.465 e. The number of aldehydes is 1. The summed E-state index contributed by atoms with van der Waals surface area (Å²) < 4.78 is 10.0. The monoisotopic (exact) mass is 301 g/mol. The van der Waals surface area contributed by atoms with E-state index in [1.54, 1.807) is 0 Å². The van der Waals surface area contributed by atoms with Crippen LogP contribution < -0.4 is 4.74 Å². The average molecular weight is 301 g/mol. The molecule has 0 heterocycles. The molecule has 0 bridgehead atoms. The maximum absolute atomic E-state index is 11.5. The Kier molecular flexibility index (Phi) is 4.47. The van der Waals surface area contributed by atoms with Gasteiger partial charge in [-0.25, -0.2) is 4.79 Å². The second-order valence-corrected chi connectivity index (χ2v) is 4.22. The van der Waals surface area contributed by atoms with Crippen LogP contribution in [0.3, 0.4) is 0 Å². The van der Waals surface area contributed by atoms with Gasteiger partial charge in [-0.05, 0) is 30.3 Å². The number of nitrogens with zero attached hydrogens (tertiary/aromatic N) is 1. The number of esters is 1. The van der Waals surface area contributed by atoms with Gasteiger partial charge in [0.05, 0.1) is 17.6 Å². The molecule has 0 aliphatic heterocycles. The first-order valence-electron chi connectivity index (χ1n) is 6.15. The van der Waals surface area contributed by atoms with Gasteiger partial charge in [-0.1, -0.05) is 0 Å². The molecule has 0 aromatic heterocycles. The number of hydrogen-bond acceptors (Lipinski definition) is 6. The van der Waals surface area contributed by atoms with Crippen LogP contribution in [-0.2, 0) is 4.74 Å². The van der Waals surface area contributed by atoms with Gasteiger partial charge in [-0.3, -0.25) is 14.9 Å². The predicted octanol–water partition coefficient (Wildman–Crippen LogP) is 2.99. The zero-order chi connectivity index (χ0) is 16.1. The molecule has 7 heteroatoms. The fraction of sp³-hybridized carbons (Fsp3) is 0.0667. The molecular formula is C15H11NO6. The lowest BCUT2D eigenvalue weighted by Gasteiger charge is -2.08. The van der Waals surface area contributed by atoms with Gasteiger partial charge in [0.15, 0.2) is 0 Å². The van der Waals surface area contributed by atoms with E-state index in [9.17, 15) is 19.7 Å². The summed E-state index contributed by atoms with van der Waals surface area (Å²) in [5.41, 5.74) is 0.296. The number of rotatable bonds is 5. The molecule has 112 valence electrons. The van der Waals surface area contributed by atoms with E-state index in [2.05, 4.69) is 4.74 Å².